The van der Waals surface area contributed by atoms with Gasteiger partial charge in [0.05, 0.1) is 32.3 Å². The Labute approximate surface area is 274 Å². The number of rotatable bonds is 9. The maximum Gasteiger partial charge on any atom is 0.407 e. The SMILES string of the molecule is COC(=O)CNC(=O)C1(C)CN(C(=O)CN2CC(C)N(C(=O)O)CC2CN2CCOCC2C)c2cc(Cc3ccc(F)cc3)ccc21. The molecule has 0 aliphatic carbocycles. The van der Waals surface area contributed by atoms with Crippen LogP contribution < -0.4 is 10.2 Å². The van der Waals surface area contributed by atoms with Gasteiger partial charge in [0.1, 0.15) is 12.4 Å². The molecule has 3 aliphatic rings. The van der Waals surface area contributed by atoms with Gasteiger partial charge in [-0.3, -0.25) is 24.2 Å². The molecule has 3 amide bonds. The first-order valence-corrected chi connectivity index (χ1v) is 16.0. The summed E-state index contributed by atoms with van der Waals surface area (Å²) in [7, 11) is 1.24. The molecule has 13 heteroatoms. The third-order valence-electron chi connectivity index (χ3n) is 9.66. The van der Waals surface area contributed by atoms with E-state index in [2.05, 4.69) is 22.0 Å². The number of esters is 1. The highest BCUT2D eigenvalue weighted by molar-refractivity contribution is 6.03. The molecule has 3 aliphatic heterocycles. The van der Waals surface area contributed by atoms with Crippen LogP contribution in [0.2, 0.25) is 0 Å². The molecular formula is C34H44FN5O7. The van der Waals surface area contributed by atoms with Gasteiger partial charge >= 0.3 is 12.1 Å². The van der Waals surface area contributed by atoms with Gasteiger partial charge < -0.3 is 29.7 Å². The van der Waals surface area contributed by atoms with Gasteiger partial charge in [0.15, 0.2) is 0 Å². The molecule has 4 atom stereocenters. The highest BCUT2D eigenvalue weighted by Gasteiger charge is 2.47. The summed E-state index contributed by atoms with van der Waals surface area (Å²) >= 11 is 0. The Bertz CT molecular complexity index is 1490. The molecule has 2 aromatic carbocycles. The van der Waals surface area contributed by atoms with Crippen LogP contribution >= 0.6 is 0 Å². The van der Waals surface area contributed by atoms with E-state index in [1.54, 1.807) is 24.0 Å². The fraction of sp³-hybridized carbons (Fsp3) is 0.529. The van der Waals surface area contributed by atoms with Crippen molar-refractivity contribution in [3.8, 4) is 0 Å². The highest BCUT2D eigenvalue weighted by Crippen LogP contribution is 2.42. The van der Waals surface area contributed by atoms with Gasteiger partial charge in [0.25, 0.3) is 0 Å². The van der Waals surface area contributed by atoms with E-state index in [9.17, 15) is 28.7 Å². The predicted octanol–water partition coefficient (Wildman–Crippen LogP) is 2.08. The maximum absolute atomic E-state index is 14.3. The number of piperazine rings is 1. The quantitative estimate of drug-likeness (QED) is 0.391. The highest BCUT2D eigenvalue weighted by atomic mass is 19.1. The normalized spacial score (nSPS) is 24.9. The van der Waals surface area contributed by atoms with E-state index in [1.165, 1.54) is 24.1 Å². The number of carbonyl (C=O) groups excluding carboxylic acids is 3. The summed E-state index contributed by atoms with van der Waals surface area (Å²) in [4.78, 5) is 59.2. The molecule has 47 heavy (non-hydrogen) atoms. The largest absolute Gasteiger partial charge is 0.468 e. The van der Waals surface area contributed by atoms with Crippen LogP contribution in [0.25, 0.3) is 0 Å². The second-order valence-corrected chi connectivity index (χ2v) is 13.0. The lowest BCUT2D eigenvalue weighted by atomic mass is 9.83. The molecule has 5 rings (SSSR count). The van der Waals surface area contributed by atoms with Crippen LogP contribution in [0.3, 0.4) is 0 Å². The molecule has 0 saturated carbocycles. The van der Waals surface area contributed by atoms with E-state index in [4.69, 9.17) is 9.47 Å². The van der Waals surface area contributed by atoms with Crippen molar-refractivity contribution in [2.45, 2.75) is 50.7 Å². The Balaban J connectivity index is 1.42. The van der Waals surface area contributed by atoms with Gasteiger partial charge in [-0.15, -0.1) is 0 Å². The van der Waals surface area contributed by atoms with E-state index in [0.29, 0.717) is 44.0 Å². The minimum atomic E-state index is -1.15. The molecule has 0 aromatic heterocycles. The molecule has 0 bridgehead atoms. The Morgan fingerprint density at radius 2 is 1.77 bits per heavy atom. The van der Waals surface area contributed by atoms with Gasteiger partial charge in [-0.2, -0.15) is 0 Å². The number of amides is 3. The molecule has 4 unspecified atom stereocenters. The van der Waals surface area contributed by atoms with Gasteiger partial charge in [-0.05, 0) is 62.1 Å². The van der Waals surface area contributed by atoms with Crippen molar-refractivity contribution in [3.63, 3.8) is 0 Å². The third-order valence-corrected chi connectivity index (χ3v) is 9.66. The standard InChI is InChI=1S/C34H44FN5O7/c1-22-16-38(27(18-39(22)33(44)45)17-37-11-12-47-20-23(37)2)19-30(41)40-21-34(3,32(43)36-15-31(42)46-4)28-10-7-25(14-29(28)40)13-24-5-8-26(35)9-6-24/h5-10,14,22-23,27H,11-13,15-21H2,1-4H3,(H,36,43)(H,44,45). The molecule has 2 fully saturated rings. The summed E-state index contributed by atoms with van der Waals surface area (Å²) in [5.74, 6) is -1.54. The summed E-state index contributed by atoms with van der Waals surface area (Å²) in [5, 5.41) is 12.6. The Hall–Kier alpha value is -4.07. The van der Waals surface area contributed by atoms with Gasteiger partial charge in [0.2, 0.25) is 11.8 Å². The number of benzene rings is 2. The fourth-order valence-corrected chi connectivity index (χ4v) is 6.84. The van der Waals surface area contributed by atoms with Crippen LogP contribution in [0, 0.1) is 5.82 Å². The van der Waals surface area contributed by atoms with Crippen molar-refractivity contribution in [1.29, 1.82) is 0 Å². The average molecular weight is 654 g/mol. The average Bonchev–Trinajstić information content (AvgIpc) is 3.35. The lowest BCUT2D eigenvalue weighted by Crippen LogP contribution is -2.64. The monoisotopic (exact) mass is 653 g/mol. The molecule has 0 radical (unpaired) electrons. The molecule has 2 N–H and O–H groups in total. The lowest BCUT2D eigenvalue weighted by molar-refractivity contribution is -0.141. The summed E-state index contributed by atoms with van der Waals surface area (Å²) in [6.07, 6.45) is -0.491. The second-order valence-electron chi connectivity index (χ2n) is 13.0. The summed E-state index contributed by atoms with van der Waals surface area (Å²) in [5.41, 5.74) is 1.88. The zero-order valence-electron chi connectivity index (χ0n) is 27.4. The smallest absolute Gasteiger partial charge is 0.407 e. The van der Waals surface area contributed by atoms with E-state index in [-0.39, 0.29) is 56.0 Å². The molecule has 12 nitrogen and oxygen atoms in total. The van der Waals surface area contributed by atoms with Crippen LogP contribution in [-0.4, -0.2) is 128 Å². The molecule has 3 heterocycles. The number of carbonyl (C=O) groups is 4. The summed E-state index contributed by atoms with van der Waals surface area (Å²) in [6.45, 7) is 8.59. The van der Waals surface area contributed by atoms with Crippen LogP contribution in [0.4, 0.5) is 14.9 Å². The van der Waals surface area contributed by atoms with Crippen molar-refractivity contribution in [1.82, 2.24) is 20.0 Å². The van der Waals surface area contributed by atoms with Crippen molar-refractivity contribution in [2.24, 2.45) is 0 Å². The summed E-state index contributed by atoms with van der Waals surface area (Å²) in [6, 6.07) is 11.5. The lowest BCUT2D eigenvalue weighted by Gasteiger charge is -2.47. The Morgan fingerprint density at radius 3 is 2.45 bits per heavy atom. The van der Waals surface area contributed by atoms with Crippen molar-refractivity contribution in [2.75, 3.05) is 71.0 Å². The zero-order valence-corrected chi connectivity index (χ0v) is 27.4. The number of halogens is 1. The Kier molecular flexibility index (Phi) is 10.5. The molecular weight excluding hydrogens is 609 g/mol. The minimum absolute atomic E-state index is 0.0304. The number of carboxylic acid groups (broad SMARTS) is 1. The Morgan fingerprint density at radius 1 is 1.04 bits per heavy atom. The fourth-order valence-electron chi connectivity index (χ4n) is 6.84. The number of hydrogen-bond acceptors (Lipinski definition) is 8. The maximum atomic E-state index is 14.3. The van der Waals surface area contributed by atoms with Crippen LogP contribution in [-0.2, 0) is 35.7 Å². The van der Waals surface area contributed by atoms with E-state index in [1.807, 2.05) is 25.1 Å². The van der Waals surface area contributed by atoms with Crippen molar-refractivity contribution < 1.29 is 38.1 Å². The van der Waals surface area contributed by atoms with Gasteiger partial charge in [-0.1, -0.05) is 24.3 Å². The van der Waals surface area contributed by atoms with Crippen molar-refractivity contribution in [3.05, 3.63) is 65.0 Å². The number of hydrogen-bond donors (Lipinski definition) is 2. The van der Waals surface area contributed by atoms with E-state index < -0.39 is 23.4 Å². The topological polar surface area (TPSA) is 132 Å². The molecule has 2 aromatic rings. The number of methoxy groups -OCH3 is 1. The van der Waals surface area contributed by atoms with Crippen molar-refractivity contribution >= 4 is 29.6 Å². The van der Waals surface area contributed by atoms with Crippen LogP contribution in [0.1, 0.15) is 37.5 Å². The van der Waals surface area contributed by atoms with Gasteiger partial charge in [0, 0.05) is 56.5 Å². The predicted molar refractivity (Wildman–Crippen MR) is 172 cm³/mol. The minimum Gasteiger partial charge on any atom is -0.468 e. The van der Waals surface area contributed by atoms with Gasteiger partial charge in [-0.25, -0.2) is 9.18 Å². The molecule has 0 spiro atoms. The molecule has 254 valence electrons. The molecule has 2 saturated heterocycles. The first-order valence-electron chi connectivity index (χ1n) is 16.0. The van der Waals surface area contributed by atoms with Crippen LogP contribution in [0.15, 0.2) is 42.5 Å². The van der Waals surface area contributed by atoms with E-state index in [0.717, 1.165) is 17.7 Å². The number of nitrogens with zero attached hydrogens (tertiary/aromatic N) is 4. The summed E-state index contributed by atoms with van der Waals surface area (Å²) < 4.78 is 23.8. The number of fused-ring (bicyclic) bond motifs is 1. The zero-order chi connectivity index (χ0) is 33.9. The first kappa shape index (κ1) is 34.3. The van der Waals surface area contributed by atoms with E-state index >= 15 is 0 Å². The number of morpholine rings is 1. The number of anilines is 1. The van der Waals surface area contributed by atoms with Crippen LogP contribution in [0.5, 0.6) is 0 Å². The number of ether oxygens (including phenoxy) is 2. The first-order chi connectivity index (χ1) is 22.4. The second kappa shape index (κ2) is 14.4. The number of nitrogens with one attached hydrogen (secondary N) is 1. The third kappa shape index (κ3) is 7.58.